The van der Waals surface area contributed by atoms with Gasteiger partial charge in [0.2, 0.25) is 0 Å². The number of carbonyl (C=O) groups excluding carboxylic acids is 1. The van der Waals surface area contributed by atoms with E-state index in [0.29, 0.717) is 16.7 Å². The Hall–Kier alpha value is -0.900. The van der Waals surface area contributed by atoms with Crippen LogP contribution in [0.4, 0.5) is 0 Å². The molecule has 0 N–H and O–H groups in total. The highest BCUT2D eigenvalue weighted by molar-refractivity contribution is 8.00. The van der Waals surface area contributed by atoms with E-state index in [9.17, 15) is 4.79 Å². The average molecular weight is 236 g/mol. The summed E-state index contributed by atoms with van der Waals surface area (Å²) in [7, 11) is 0. The molecule has 0 saturated heterocycles. The van der Waals surface area contributed by atoms with Crippen molar-refractivity contribution < 1.29 is 4.79 Å². The van der Waals surface area contributed by atoms with Gasteiger partial charge in [0.15, 0.2) is 5.78 Å². The van der Waals surface area contributed by atoms with Crippen molar-refractivity contribution in [2.24, 2.45) is 0 Å². The number of hydrogen-bond donors (Lipinski definition) is 0. The molecule has 0 aromatic carbocycles. The van der Waals surface area contributed by atoms with E-state index < -0.39 is 0 Å². The van der Waals surface area contributed by atoms with E-state index in [4.69, 9.17) is 0 Å². The molecule has 1 aromatic heterocycles. The van der Waals surface area contributed by atoms with Crippen LogP contribution in [0.3, 0.4) is 0 Å². The Kier molecular flexibility index (Phi) is 4.34. The molecule has 4 heteroatoms. The predicted molar refractivity (Wildman–Crippen MR) is 65.7 cm³/mol. The summed E-state index contributed by atoms with van der Waals surface area (Å²) in [5, 5.41) is 0.675. The molecular weight excluding hydrogens is 220 g/mol. The molecule has 0 amide bonds. The average Bonchev–Trinajstić information content (AvgIpc) is 2.38. The molecule has 0 spiro atoms. The van der Waals surface area contributed by atoms with Gasteiger partial charge in [0, 0.05) is 17.6 Å². The number of hydrogen-bond acceptors (Lipinski definition) is 4. The van der Waals surface area contributed by atoms with Crippen LogP contribution in [-0.2, 0) is 0 Å². The van der Waals surface area contributed by atoms with Gasteiger partial charge in [0.25, 0.3) is 0 Å². The number of rotatable bonds is 4. The topological polar surface area (TPSA) is 42.9 Å². The monoisotopic (exact) mass is 236 g/mol. The zero-order valence-electron chi connectivity index (χ0n) is 9.26. The highest BCUT2D eigenvalue weighted by Crippen LogP contribution is 2.28. The summed E-state index contributed by atoms with van der Waals surface area (Å²) in [6.45, 7) is 0. The number of carbonyl (C=O) groups is 1. The lowest BCUT2D eigenvalue weighted by Crippen LogP contribution is -2.13. The maximum absolute atomic E-state index is 11.8. The van der Waals surface area contributed by atoms with Crippen LogP contribution >= 0.6 is 11.8 Å². The van der Waals surface area contributed by atoms with Crippen LogP contribution in [0, 0.1) is 0 Å². The van der Waals surface area contributed by atoms with Crippen molar-refractivity contribution in [3.05, 3.63) is 24.3 Å². The molecule has 16 heavy (non-hydrogen) atoms. The van der Waals surface area contributed by atoms with Gasteiger partial charge in [0.05, 0.1) is 11.9 Å². The minimum atomic E-state index is 0.101. The Morgan fingerprint density at radius 2 is 2.12 bits per heavy atom. The van der Waals surface area contributed by atoms with Gasteiger partial charge in [-0.3, -0.25) is 9.78 Å². The largest absolute Gasteiger partial charge is 0.291 e. The fourth-order valence-electron chi connectivity index (χ4n) is 1.94. The molecule has 1 aliphatic carbocycles. The highest BCUT2D eigenvalue weighted by Gasteiger charge is 2.16. The van der Waals surface area contributed by atoms with Crippen LogP contribution in [0.5, 0.6) is 0 Å². The normalized spacial score (nSPS) is 17.2. The van der Waals surface area contributed by atoms with E-state index in [1.807, 2.05) is 0 Å². The van der Waals surface area contributed by atoms with E-state index in [0.717, 1.165) is 0 Å². The molecule has 0 bridgehead atoms. The summed E-state index contributed by atoms with van der Waals surface area (Å²) in [5.74, 6) is 0.646. The molecule has 86 valence electrons. The summed E-state index contributed by atoms with van der Waals surface area (Å²) >= 11 is 1.78. The van der Waals surface area contributed by atoms with Crippen molar-refractivity contribution in [2.75, 3.05) is 5.75 Å². The number of thioether (sulfide) groups is 1. The minimum absolute atomic E-state index is 0.101. The van der Waals surface area contributed by atoms with Gasteiger partial charge in [-0.15, -0.1) is 0 Å². The molecular formula is C12H16N2OS. The maximum Gasteiger partial charge on any atom is 0.192 e. The van der Waals surface area contributed by atoms with Crippen LogP contribution < -0.4 is 0 Å². The van der Waals surface area contributed by atoms with E-state index >= 15 is 0 Å². The Morgan fingerprint density at radius 3 is 2.81 bits per heavy atom. The van der Waals surface area contributed by atoms with Gasteiger partial charge in [-0.05, 0) is 12.8 Å². The number of Topliss-reactive ketones (excluding diaryl/α,β-unsaturated/α-hetero) is 1. The Labute approximate surface area is 100 Å². The summed E-state index contributed by atoms with van der Waals surface area (Å²) in [6.07, 6.45) is 11.2. The van der Waals surface area contributed by atoms with Crippen molar-refractivity contribution in [2.45, 2.75) is 37.4 Å². The third-order valence-electron chi connectivity index (χ3n) is 2.85. The predicted octanol–water partition coefficient (Wildman–Crippen LogP) is 2.73. The first kappa shape index (κ1) is 11.6. The Balaban J connectivity index is 1.79. The van der Waals surface area contributed by atoms with Gasteiger partial charge in [-0.2, -0.15) is 11.8 Å². The van der Waals surface area contributed by atoms with Crippen LogP contribution in [0.25, 0.3) is 0 Å². The van der Waals surface area contributed by atoms with Gasteiger partial charge < -0.3 is 0 Å². The van der Waals surface area contributed by atoms with Crippen LogP contribution in [0.15, 0.2) is 18.6 Å². The van der Waals surface area contributed by atoms with Crippen molar-refractivity contribution in [3.63, 3.8) is 0 Å². The first-order chi connectivity index (χ1) is 7.86. The first-order valence-electron chi connectivity index (χ1n) is 5.77. The van der Waals surface area contributed by atoms with Crippen molar-refractivity contribution >= 4 is 17.5 Å². The van der Waals surface area contributed by atoms with Crippen molar-refractivity contribution in [1.29, 1.82) is 0 Å². The zero-order chi connectivity index (χ0) is 11.2. The van der Waals surface area contributed by atoms with Crippen LogP contribution in [0.1, 0.15) is 42.6 Å². The second-order valence-electron chi connectivity index (χ2n) is 4.08. The third kappa shape index (κ3) is 3.30. The third-order valence-corrected chi connectivity index (χ3v) is 4.22. The number of ketones is 1. The van der Waals surface area contributed by atoms with Crippen LogP contribution in [0.2, 0.25) is 0 Å². The summed E-state index contributed by atoms with van der Waals surface area (Å²) in [6, 6.07) is 0. The highest BCUT2D eigenvalue weighted by atomic mass is 32.2. The minimum Gasteiger partial charge on any atom is -0.291 e. The summed E-state index contributed by atoms with van der Waals surface area (Å²) in [5.41, 5.74) is 0.491. The van der Waals surface area contributed by atoms with Gasteiger partial charge in [-0.25, -0.2) is 4.98 Å². The van der Waals surface area contributed by atoms with Gasteiger partial charge in [0.1, 0.15) is 5.69 Å². The SMILES string of the molecule is O=C(CSC1CCCCC1)c1cnccn1. The molecule has 3 nitrogen and oxygen atoms in total. The fourth-order valence-corrected chi connectivity index (χ4v) is 3.14. The molecule has 0 radical (unpaired) electrons. The molecule has 1 aliphatic rings. The van der Waals surface area contributed by atoms with E-state index in [-0.39, 0.29) is 5.78 Å². The number of nitrogens with zero attached hydrogens (tertiary/aromatic N) is 2. The molecule has 1 saturated carbocycles. The Morgan fingerprint density at radius 1 is 1.31 bits per heavy atom. The number of aromatic nitrogens is 2. The lowest BCUT2D eigenvalue weighted by molar-refractivity contribution is 0.101. The molecule has 0 unspecified atom stereocenters. The molecule has 0 atom stereocenters. The lowest BCUT2D eigenvalue weighted by atomic mass is 10.0. The van der Waals surface area contributed by atoms with Crippen molar-refractivity contribution in [1.82, 2.24) is 9.97 Å². The molecule has 1 heterocycles. The smallest absolute Gasteiger partial charge is 0.192 e. The summed E-state index contributed by atoms with van der Waals surface area (Å²) < 4.78 is 0. The fraction of sp³-hybridized carbons (Fsp3) is 0.583. The molecule has 1 aromatic rings. The van der Waals surface area contributed by atoms with Gasteiger partial charge in [-0.1, -0.05) is 19.3 Å². The van der Waals surface area contributed by atoms with Crippen LogP contribution in [-0.4, -0.2) is 26.8 Å². The zero-order valence-corrected chi connectivity index (χ0v) is 10.1. The standard InChI is InChI=1S/C12H16N2OS/c15-12(11-8-13-6-7-14-11)9-16-10-4-2-1-3-5-10/h6-8,10H,1-5,9H2. The molecule has 2 rings (SSSR count). The maximum atomic E-state index is 11.8. The van der Waals surface area contributed by atoms with E-state index in [2.05, 4.69) is 9.97 Å². The molecule has 1 fully saturated rings. The second-order valence-corrected chi connectivity index (χ2v) is 5.37. The Bertz CT molecular complexity index is 336. The second kappa shape index (κ2) is 5.99. The summed E-state index contributed by atoms with van der Waals surface area (Å²) in [4.78, 5) is 19.7. The van der Waals surface area contributed by atoms with Crippen molar-refractivity contribution in [3.8, 4) is 0 Å². The molecule has 0 aliphatic heterocycles. The lowest BCUT2D eigenvalue weighted by Gasteiger charge is -2.20. The quantitative estimate of drug-likeness (QED) is 0.754. The van der Waals surface area contributed by atoms with Gasteiger partial charge >= 0.3 is 0 Å². The first-order valence-corrected chi connectivity index (χ1v) is 6.82. The van der Waals surface area contributed by atoms with E-state index in [1.165, 1.54) is 32.1 Å². The van der Waals surface area contributed by atoms with E-state index in [1.54, 1.807) is 30.4 Å².